The Morgan fingerprint density at radius 3 is 1.69 bits per heavy atom. The van der Waals surface area contributed by atoms with Gasteiger partial charge < -0.3 is 13.6 Å². The van der Waals surface area contributed by atoms with Crippen LogP contribution < -0.4 is 0 Å². The predicted octanol–water partition coefficient (Wildman–Crippen LogP) is 14.1. The Balaban J connectivity index is 0.00000196. The van der Waals surface area contributed by atoms with Gasteiger partial charge in [-0.1, -0.05) is 103 Å². The van der Waals surface area contributed by atoms with E-state index in [0.717, 1.165) is 93.9 Å². The Hall–Kier alpha value is -7.41. The van der Waals surface area contributed by atoms with Crippen LogP contribution in [0.5, 0.6) is 0 Å². The molecule has 5 aromatic heterocycles. The van der Waals surface area contributed by atoms with Crippen LogP contribution in [0.15, 0.2) is 199 Å². The molecule has 0 aliphatic heterocycles. The zero-order valence-corrected chi connectivity index (χ0v) is 33.0. The second kappa shape index (κ2) is 14.2. The number of aromatic nitrogens is 4. The lowest BCUT2D eigenvalue weighted by atomic mass is 9.94. The molecule has 0 fully saturated rings. The van der Waals surface area contributed by atoms with E-state index in [0.29, 0.717) is 0 Å². The van der Waals surface area contributed by atoms with E-state index in [9.17, 15) is 0 Å². The Morgan fingerprint density at radius 2 is 0.966 bits per heavy atom. The summed E-state index contributed by atoms with van der Waals surface area (Å²) in [4.78, 5) is 9.91. The molecule has 0 aliphatic rings. The number of furan rings is 1. The third-order valence-corrected chi connectivity index (χ3v) is 11.4. The van der Waals surface area contributed by atoms with Crippen molar-refractivity contribution in [2.45, 2.75) is 0 Å². The number of nitrogens with zero attached hydrogens (tertiary/aromatic N) is 4. The fourth-order valence-electron chi connectivity index (χ4n) is 8.88. The molecule has 0 amide bonds. The molecule has 5 nitrogen and oxygen atoms in total. The highest BCUT2D eigenvalue weighted by atomic mass is 32.1. The summed E-state index contributed by atoms with van der Waals surface area (Å²) >= 11 is 3.53. The van der Waals surface area contributed by atoms with Crippen molar-refractivity contribution in [3.63, 3.8) is 0 Å². The van der Waals surface area contributed by atoms with E-state index >= 15 is 0 Å². The maximum Gasteiger partial charge on any atom is 0.159 e. The molecular formula is C53H36N4OS. The van der Waals surface area contributed by atoms with Crippen LogP contribution in [0.2, 0.25) is 0 Å². The van der Waals surface area contributed by atoms with Crippen LogP contribution in [0, 0.1) is 0 Å². The van der Waals surface area contributed by atoms with E-state index < -0.39 is 0 Å². The number of thiol groups is 1. The van der Waals surface area contributed by atoms with E-state index in [4.69, 9.17) is 14.4 Å². The van der Waals surface area contributed by atoms with E-state index in [1.165, 1.54) is 16.7 Å². The van der Waals surface area contributed by atoms with Crippen molar-refractivity contribution in [2.24, 2.45) is 0 Å². The van der Waals surface area contributed by atoms with Crippen LogP contribution in [-0.2, 0) is 0 Å². The van der Waals surface area contributed by atoms with Crippen LogP contribution in [0.3, 0.4) is 0 Å². The summed E-state index contributed by atoms with van der Waals surface area (Å²) in [6.07, 6.45) is 5.46. The molecule has 6 heteroatoms. The van der Waals surface area contributed by atoms with Gasteiger partial charge in [-0.05, 0) is 118 Å². The zero-order valence-electron chi connectivity index (χ0n) is 32.1. The van der Waals surface area contributed by atoms with Gasteiger partial charge in [-0.25, -0.2) is 0 Å². The molecule has 0 atom stereocenters. The van der Waals surface area contributed by atoms with Crippen molar-refractivity contribution in [3.05, 3.63) is 194 Å². The molecule has 0 N–H and O–H groups in total. The fourth-order valence-corrected chi connectivity index (χ4v) is 8.88. The van der Waals surface area contributed by atoms with Crippen molar-refractivity contribution in [1.29, 1.82) is 0 Å². The largest absolute Gasteiger partial charge is 0.454 e. The minimum Gasteiger partial charge on any atom is -0.454 e. The lowest BCUT2D eigenvalue weighted by Crippen LogP contribution is -1.96. The number of pyridine rings is 2. The Morgan fingerprint density at radius 1 is 0.407 bits per heavy atom. The van der Waals surface area contributed by atoms with Gasteiger partial charge in [-0.2, -0.15) is 12.6 Å². The summed E-state index contributed by atoms with van der Waals surface area (Å²) in [7, 11) is 0. The number of fused-ring (bicyclic) bond motifs is 9. The summed E-state index contributed by atoms with van der Waals surface area (Å²) in [6, 6.07) is 64.5. The minimum atomic E-state index is 0.838. The normalized spacial score (nSPS) is 11.6. The molecule has 0 saturated carbocycles. The van der Waals surface area contributed by atoms with Gasteiger partial charge in [0.1, 0.15) is 5.58 Å². The quantitative estimate of drug-likeness (QED) is 0.177. The number of hydrogen-bond donors (Lipinski definition) is 1. The zero-order chi connectivity index (χ0) is 39.5. The Labute approximate surface area is 345 Å². The van der Waals surface area contributed by atoms with E-state index in [1.807, 2.05) is 30.6 Å². The predicted molar refractivity (Wildman–Crippen MR) is 249 cm³/mol. The maximum absolute atomic E-state index is 6.78. The van der Waals surface area contributed by atoms with Gasteiger partial charge in [0.05, 0.1) is 38.8 Å². The summed E-state index contributed by atoms with van der Waals surface area (Å²) in [5.74, 6) is 0. The first-order chi connectivity index (χ1) is 29.3. The second-order valence-corrected chi connectivity index (χ2v) is 14.6. The van der Waals surface area contributed by atoms with Gasteiger partial charge in [-0.15, -0.1) is 0 Å². The molecule has 0 spiro atoms. The van der Waals surface area contributed by atoms with Crippen molar-refractivity contribution in [2.75, 3.05) is 6.26 Å². The summed E-state index contributed by atoms with van der Waals surface area (Å²) < 4.78 is 11.4. The number of para-hydroxylation sites is 2. The lowest BCUT2D eigenvalue weighted by molar-refractivity contribution is 0.666. The molecule has 0 bridgehead atoms. The van der Waals surface area contributed by atoms with Gasteiger partial charge in [0.2, 0.25) is 0 Å². The molecule has 7 aromatic carbocycles. The van der Waals surface area contributed by atoms with Crippen molar-refractivity contribution in [1.82, 2.24) is 19.1 Å². The van der Waals surface area contributed by atoms with Crippen molar-refractivity contribution in [3.8, 4) is 44.8 Å². The van der Waals surface area contributed by atoms with Crippen LogP contribution >= 0.6 is 12.6 Å². The van der Waals surface area contributed by atoms with Gasteiger partial charge in [0.15, 0.2) is 5.58 Å². The molecule has 12 rings (SSSR count). The van der Waals surface area contributed by atoms with Crippen LogP contribution in [-0.4, -0.2) is 25.4 Å². The number of hydrogen-bond acceptors (Lipinski definition) is 4. The van der Waals surface area contributed by atoms with E-state index in [-0.39, 0.29) is 0 Å². The molecule has 12 aromatic rings. The third kappa shape index (κ3) is 5.56. The van der Waals surface area contributed by atoms with Gasteiger partial charge in [0.25, 0.3) is 0 Å². The Bertz CT molecular complexity index is 3530. The van der Waals surface area contributed by atoms with Crippen molar-refractivity contribution >= 4 is 78.4 Å². The monoisotopic (exact) mass is 776 g/mol. The fraction of sp³-hybridized carbons (Fsp3) is 0.0189. The molecule has 280 valence electrons. The minimum absolute atomic E-state index is 0.838. The highest BCUT2D eigenvalue weighted by Gasteiger charge is 2.22. The molecule has 0 radical (unpaired) electrons. The summed E-state index contributed by atoms with van der Waals surface area (Å²) in [5.41, 5.74) is 16.9. The van der Waals surface area contributed by atoms with Gasteiger partial charge in [-0.3, -0.25) is 9.97 Å². The van der Waals surface area contributed by atoms with Crippen molar-refractivity contribution < 1.29 is 4.42 Å². The van der Waals surface area contributed by atoms with Crippen LogP contribution in [0.4, 0.5) is 0 Å². The molecule has 0 saturated heterocycles. The highest BCUT2D eigenvalue weighted by Crippen LogP contribution is 2.43. The first kappa shape index (κ1) is 34.8. The van der Waals surface area contributed by atoms with E-state index in [1.54, 1.807) is 6.26 Å². The number of rotatable bonds is 5. The molecule has 59 heavy (non-hydrogen) atoms. The smallest absolute Gasteiger partial charge is 0.159 e. The summed E-state index contributed by atoms with van der Waals surface area (Å²) in [6.45, 7) is 0. The molecule has 5 heterocycles. The van der Waals surface area contributed by atoms with Gasteiger partial charge in [0, 0.05) is 39.6 Å². The van der Waals surface area contributed by atoms with Gasteiger partial charge >= 0.3 is 0 Å². The molecular weight excluding hydrogens is 741 g/mol. The second-order valence-electron chi connectivity index (χ2n) is 14.6. The maximum atomic E-state index is 6.78. The first-order valence-corrected chi connectivity index (χ1v) is 20.6. The first-order valence-electron chi connectivity index (χ1n) is 19.7. The SMILES string of the molecule is CS.c1ccc(-c2ccccc2-c2ccc3c(c2)c2ncccc2n3-c2cc(-c3ccc4c(c3)c3ncccc3n4-c3ccccc3)cc3c2oc2ccccc23)cc1. The lowest BCUT2D eigenvalue weighted by Gasteiger charge is -2.13. The van der Waals surface area contributed by atoms with E-state index in [2.05, 4.69) is 186 Å². The Kier molecular flexibility index (Phi) is 8.38. The average molecular weight is 777 g/mol. The molecule has 0 unspecified atom stereocenters. The standard InChI is InChI=1S/C52H32N4O.CH4S/c1-3-13-33(14-4-1)38-17-7-8-18-39(38)35-24-26-45-43(30-35)51-47(21-12-28-54-51)56(45)48-32-36(31-41-40-19-9-10-22-49(40)57-52(41)48)34-23-25-44-42(29-34)50-46(20-11-27-53-50)55(44)37-15-5-2-6-16-37;1-2/h1-32H;2H,1H3. The molecule has 0 aliphatic carbocycles. The highest BCUT2D eigenvalue weighted by molar-refractivity contribution is 7.79. The average Bonchev–Trinajstić information content (AvgIpc) is 3.97. The third-order valence-electron chi connectivity index (χ3n) is 11.4. The van der Waals surface area contributed by atoms with Crippen LogP contribution in [0.25, 0.3) is 111 Å². The topological polar surface area (TPSA) is 48.8 Å². The van der Waals surface area contributed by atoms with Crippen LogP contribution in [0.1, 0.15) is 0 Å². The number of benzene rings is 7. The summed E-state index contributed by atoms with van der Waals surface area (Å²) in [5, 5.41) is 4.34.